The molecule has 0 radical (unpaired) electrons. The van der Waals surface area contributed by atoms with Crippen molar-refractivity contribution in [1.82, 2.24) is 0 Å². The third kappa shape index (κ3) is 4.41. The van der Waals surface area contributed by atoms with Crippen LogP contribution < -0.4 is 0 Å². The first-order valence-electron chi connectivity index (χ1n) is 8.94. The molecule has 1 N–H and O–H groups in total. The Morgan fingerprint density at radius 2 is 1.08 bits per heavy atom. The Morgan fingerprint density at radius 3 is 1.56 bits per heavy atom. The first-order valence-corrected chi connectivity index (χ1v) is 9.76. The number of aryl methyl sites for hydroxylation is 3. The minimum Gasteiger partial charge on any atom is -0.508 e. The second-order valence-electron chi connectivity index (χ2n) is 9.17. The van der Waals surface area contributed by atoms with Gasteiger partial charge >= 0.3 is 0 Å². The standard InChI is InChI=1S/C23H32OS/c1-14-10-15(2)20(12-17(14)22(4,5)6)25-21-13-18(23(7,8)9)19(24)11-16(21)3/h10-13,24H,1-9H3. The molecule has 2 aromatic carbocycles. The molecule has 0 aliphatic heterocycles. The number of rotatable bonds is 2. The summed E-state index contributed by atoms with van der Waals surface area (Å²) in [6.45, 7) is 19.7. The van der Waals surface area contributed by atoms with Crippen LogP contribution in [0.25, 0.3) is 0 Å². The SMILES string of the molecule is Cc1cc(C)c(C(C)(C)C)cc1Sc1cc(C(C)(C)C)c(O)cc1C. The van der Waals surface area contributed by atoms with Crippen molar-refractivity contribution in [3.05, 3.63) is 52.1 Å². The maximum Gasteiger partial charge on any atom is 0.119 e. The van der Waals surface area contributed by atoms with E-state index in [-0.39, 0.29) is 10.8 Å². The minimum atomic E-state index is -0.0774. The summed E-state index contributed by atoms with van der Waals surface area (Å²) in [5.74, 6) is 0.394. The zero-order valence-corrected chi connectivity index (χ0v) is 18.0. The van der Waals surface area contributed by atoms with Crippen molar-refractivity contribution in [3.63, 3.8) is 0 Å². The molecule has 2 heteroatoms. The predicted molar refractivity (Wildman–Crippen MR) is 110 cm³/mol. The van der Waals surface area contributed by atoms with Gasteiger partial charge in [0.1, 0.15) is 5.75 Å². The van der Waals surface area contributed by atoms with Crippen LogP contribution in [-0.4, -0.2) is 5.11 Å². The Labute approximate surface area is 157 Å². The second kappa shape index (κ2) is 6.72. The fraction of sp³-hybridized carbons (Fsp3) is 0.478. The van der Waals surface area contributed by atoms with Crippen molar-refractivity contribution in [2.24, 2.45) is 0 Å². The summed E-state index contributed by atoms with van der Waals surface area (Å²) < 4.78 is 0. The maximum atomic E-state index is 10.4. The van der Waals surface area contributed by atoms with E-state index in [1.165, 1.54) is 26.5 Å². The van der Waals surface area contributed by atoms with E-state index in [2.05, 4.69) is 80.5 Å². The van der Waals surface area contributed by atoms with Gasteiger partial charge in [-0.15, -0.1) is 0 Å². The topological polar surface area (TPSA) is 20.2 Å². The summed E-state index contributed by atoms with van der Waals surface area (Å²) >= 11 is 1.81. The lowest BCUT2D eigenvalue weighted by molar-refractivity contribution is 0.445. The van der Waals surface area contributed by atoms with Crippen molar-refractivity contribution >= 4 is 11.8 Å². The average Bonchev–Trinajstić information content (AvgIpc) is 2.41. The van der Waals surface area contributed by atoms with E-state index in [0.29, 0.717) is 5.75 Å². The van der Waals surface area contributed by atoms with Crippen LogP contribution in [0.3, 0.4) is 0 Å². The number of hydrogen-bond donors (Lipinski definition) is 1. The molecule has 0 heterocycles. The van der Waals surface area contributed by atoms with E-state index in [4.69, 9.17) is 0 Å². The van der Waals surface area contributed by atoms with Crippen LogP contribution in [0.15, 0.2) is 34.1 Å². The number of hydrogen-bond acceptors (Lipinski definition) is 2. The fourth-order valence-corrected chi connectivity index (χ4v) is 4.28. The minimum absolute atomic E-state index is 0.0774. The molecule has 0 aliphatic carbocycles. The molecule has 0 aromatic heterocycles. The Bertz CT molecular complexity index is 722. The molecule has 2 rings (SSSR count). The lowest BCUT2D eigenvalue weighted by Gasteiger charge is -2.24. The highest BCUT2D eigenvalue weighted by Crippen LogP contribution is 2.41. The van der Waals surface area contributed by atoms with Gasteiger partial charge in [0.25, 0.3) is 0 Å². The highest BCUT2D eigenvalue weighted by Gasteiger charge is 2.21. The highest BCUT2D eigenvalue weighted by molar-refractivity contribution is 7.99. The third-order valence-electron chi connectivity index (χ3n) is 4.65. The Morgan fingerprint density at radius 1 is 0.640 bits per heavy atom. The van der Waals surface area contributed by atoms with E-state index < -0.39 is 0 Å². The van der Waals surface area contributed by atoms with Crippen LogP contribution >= 0.6 is 11.8 Å². The molecular formula is C23H32OS. The van der Waals surface area contributed by atoms with Crippen LogP contribution in [0, 0.1) is 20.8 Å². The predicted octanol–water partition coefficient (Wildman–Crippen LogP) is 7.06. The molecule has 0 amide bonds. The molecule has 2 aromatic rings. The number of benzene rings is 2. The van der Waals surface area contributed by atoms with Gasteiger partial charge in [-0.1, -0.05) is 59.4 Å². The lowest BCUT2D eigenvalue weighted by atomic mass is 9.83. The second-order valence-corrected chi connectivity index (χ2v) is 10.3. The molecule has 0 saturated carbocycles. The van der Waals surface area contributed by atoms with Crippen LogP contribution in [-0.2, 0) is 10.8 Å². The summed E-state index contributed by atoms with van der Waals surface area (Å²) in [6.07, 6.45) is 0. The smallest absolute Gasteiger partial charge is 0.119 e. The van der Waals surface area contributed by atoms with Gasteiger partial charge in [0, 0.05) is 15.4 Å². The number of phenolic OH excluding ortho intramolecular Hbond substituents is 1. The van der Waals surface area contributed by atoms with E-state index in [1.54, 1.807) is 0 Å². The molecular weight excluding hydrogens is 324 g/mol. The van der Waals surface area contributed by atoms with Gasteiger partial charge in [-0.3, -0.25) is 0 Å². The molecule has 0 fully saturated rings. The maximum absolute atomic E-state index is 10.4. The average molecular weight is 357 g/mol. The van der Waals surface area contributed by atoms with Crippen molar-refractivity contribution in [2.75, 3.05) is 0 Å². The van der Waals surface area contributed by atoms with E-state index in [9.17, 15) is 5.11 Å². The fourth-order valence-electron chi connectivity index (χ4n) is 3.25. The van der Waals surface area contributed by atoms with Crippen LogP contribution in [0.5, 0.6) is 5.75 Å². The summed E-state index contributed by atoms with van der Waals surface area (Å²) in [4.78, 5) is 2.51. The molecule has 0 aliphatic rings. The molecule has 25 heavy (non-hydrogen) atoms. The first kappa shape index (κ1) is 19.9. The largest absolute Gasteiger partial charge is 0.508 e. The quantitative estimate of drug-likeness (QED) is 0.621. The third-order valence-corrected chi connectivity index (χ3v) is 5.97. The van der Waals surface area contributed by atoms with Crippen LogP contribution in [0.4, 0.5) is 0 Å². The Kier molecular flexibility index (Phi) is 5.35. The number of aromatic hydroxyl groups is 1. The summed E-state index contributed by atoms with van der Waals surface area (Å²) in [7, 11) is 0. The Balaban J connectivity index is 2.54. The molecule has 136 valence electrons. The van der Waals surface area contributed by atoms with Gasteiger partial charge in [-0.2, -0.15) is 0 Å². The van der Waals surface area contributed by atoms with E-state index in [0.717, 1.165) is 11.1 Å². The van der Waals surface area contributed by atoms with Crippen LogP contribution in [0.1, 0.15) is 69.4 Å². The lowest BCUT2D eigenvalue weighted by Crippen LogP contribution is -2.13. The summed E-state index contributed by atoms with van der Waals surface area (Å²) in [5, 5.41) is 10.4. The van der Waals surface area contributed by atoms with E-state index in [1.807, 2.05) is 17.8 Å². The van der Waals surface area contributed by atoms with Crippen molar-refractivity contribution in [3.8, 4) is 5.75 Å². The molecule has 1 nitrogen and oxygen atoms in total. The molecule has 0 atom stereocenters. The van der Waals surface area contributed by atoms with Gasteiger partial charge in [0.05, 0.1) is 0 Å². The van der Waals surface area contributed by atoms with Crippen LogP contribution in [0.2, 0.25) is 0 Å². The van der Waals surface area contributed by atoms with Crippen molar-refractivity contribution < 1.29 is 5.11 Å². The summed E-state index contributed by atoms with van der Waals surface area (Å²) in [6, 6.07) is 8.70. The molecule has 0 spiro atoms. The monoisotopic (exact) mass is 356 g/mol. The summed E-state index contributed by atoms with van der Waals surface area (Å²) in [5.41, 5.74) is 6.23. The van der Waals surface area contributed by atoms with Gasteiger partial charge in [0.15, 0.2) is 0 Å². The first-order chi connectivity index (χ1) is 11.3. The van der Waals surface area contributed by atoms with E-state index >= 15 is 0 Å². The Hall–Kier alpha value is -1.41. The van der Waals surface area contributed by atoms with Gasteiger partial charge in [-0.25, -0.2) is 0 Å². The van der Waals surface area contributed by atoms with Gasteiger partial charge < -0.3 is 5.11 Å². The zero-order chi connectivity index (χ0) is 19.2. The van der Waals surface area contributed by atoms with Crippen molar-refractivity contribution in [2.45, 2.75) is 82.9 Å². The highest BCUT2D eigenvalue weighted by atomic mass is 32.2. The number of phenols is 1. The molecule has 0 bridgehead atoms. The zero-order valence-electron chi connectivity index (χ0n) is 17.2. The van der Waals surface area contributed by atoms with Gasteiger partial charge in [0.2, 0.25) is 0 Å². The molecule has 0 unspecified atom stereocenters. The van der Waals surface area contributed by atoms with Gasteiger partial charge in [-0.05, 0) is 72.1 Å². The molecule has 0 saturated heterocycles. The van der Waals surface area contributed by atoms with Crippen molar-refractivity contribution in [1.29, 1.82) is 0 Å². The normalized spacial score (nSPS) is 12.5.